The average Bonchev–Trinajstić information content (AvgIpc) is 1.66. The molecule has 0 radical (unpaired) electrons. The summed E-state index contributed by atoms with van der Waals surface area (Å²) in [5, 5.41) is 18.2. The van der Waals surface area contributed by atoms with Crippen LogP contribution in [0.15, 0.2) is 121 Å². The number of carboxylic acids is 1. The molecule has 0 spiro atoms. The lowest BCUT2D eigenvalue weighted by atomic mass is 9.80. The van der Waals surface area contributed by atoms with E-state index < -0.39 is 144 Å². The van der Waals surface area contributed by atoms with E-state index in [1.165, 1.54) is 0 Å². The standard InChI is InChI=1S/C57H84N4O12.C53H81N3O10.C4H5NO3/c1-13-38(6)54(59(10)56(68)43(36(2)3)32-47(63)53(37(4)5)58(9)30-21-27-52(67)73-61-49(64)28-29-50(61)65)48(70-11)34-51(66)60-31-20-26-45(60)55(71-12)40(8)46(62)33-44(39(7)42-24-18-15-19-25-42)57(69)72-35-41-22-16-14-17-23-41;1-13-36(6)50(55(10)52(62)41(34(2)3)30-45(58)49(35(4)5)54(9)28-21-27-48(60)61)46(64-11)32-47(59)56-29-20-26-43(56)51(65-12)38(8)44(57)31-42(37(7)40-24-18-15-19-25-40)53(63)66-33-39-22-16-14-17-23-39;6-3-1-2-4(7)5(3)8/h14-19,22-25,36-40,43-45,48,53-55H,13,20-21,26-35H2,1-12H3;14-19,22-25,34-38,41-43,46,49-51H,13,20-21,26-33H2,1-12H3,(H,60,61);8H,1-2H2/t38-,39-,40-,43-,44-,45-,48+,53-,54-,55+;36-,37-,38-,41-,42-,43-,46+,49-,50-,51+;/m00./s1. The average molecular weight is 2050 g/mol. The highest BCUT2D eigenvalue weighted by Gasteiger charge is 2.49. The number of nitrogens with zero attached hydrogens (tertiary/aromatic N) is 8. The van der Waals surface area contributed by atoms with E-state index in [0.29, 0.717) is 76.2 Å². The molecule has 2 N–H and O–H groups in total. The predicted octanol–water partition coefficient (Wildman–Crippen LogP) is 15.2. The largest absolute Gasteiger partial charge is 0.481 e. The number of rotatable bonds is 59. The number of hydrogen-bond donors (Lipinski definition) is 2. The van der Waals surface area contributed by atoms with E-state index in [-0.39, 0.29) is 189 Å². The van der Waals surface area contributed by atoms with Gasteiger partial charge >= 0.3 is 23.9 Å². The van der Waals surface area contributed by atoms with Crippen molar-refractivity contribution < 1.29 is 120 Å². The third kappa shape index (κ3) is 36.3. The molecule has 4 aliphatic rings. The first-order valence-corrected chi connectivity index (χ1v) is 52.8. The van der Waals surface area contributed by atoms with Crippen LogP contribution in [-0.4, -0.2) is 288 Å². The van der Waals surface area contributed by atoms with Gasteiger partial charge in [0.2, 0.25) is 23.6 Å². The number of carbonyl (C=O) groups excluding carboxylic acids is 15. The molecule has 8 amide bonds. The number of aliphatic carboxylic acids is 1. The molecule has 4 saturated heterocycles. The molecule has 8 rings (SSSR count). The van der Waals surface area contributed by atoms with Gasteiger partial charge in [-0.2, -0.15) is 5.06 Å². The molecule has 4 aromatic carbocycles. The van der Waals surface area contributed by atoms with E-state index in [9.17, 15) is 76.7 Å². The van der Waals surface area contributed by atoms with Crippen LogP contribution < -0.4 is 0 Å². The Morgan fingerprint density at radius 1 is 0.408 bits per heavy atom. The second kappa shape index (κ2) is 62.1. The molecule has 147 heavy (non-hydrogen) atoms. The van der Waals surface area contributed by atoms with Crippen molar-refractivity contribution >= 4 is 94.3 Å². The summed E-state index contributed by atoms with van der Waals surface area (Å²) in [6.45, 7) is 33.0. The van der Waals surface area contributed by atoms with E-state index in [1.54, 1.807) is 76.1 Å². The number of amides is 8. The summed E-state index contributed by atoms with van der Waals surface area (Å²) >= 11 is 0. The zero-order valence-electron chi connectivity index (χ0n) is 91.7. The number of hydrogen-bond acceptors (Lipinski definition) is 26. The second-order valence-electron chi connectivity index (χ2n) is 41.9. The molecule has 20 atom stereocenters. The summed E-state index contributed by atoms with van der Waals surface area (Å²) in [5.41, 5.74) is 3.54. The van der Waals surface area contributed by atoms with E-state index in [1.807, 2.05) is 242 Å². The number of imide groups is 2. The van der Waals surface area contributed by atoms with E-state index in [2.05, 4.69) is 0 Å². The molecule has 4 aliphatic heterocycles. The molecule has 33 nitrogen and oxygen atoms in total. The van der Waals surface area contributed by atoms with E-state index >= 15 is 0 Å². The molecule has 0 aromatic heterocycles. The van der Waals surface area contributed by atoms with Crippen LogP contribution in [0.1, 0.15) is 273 Å². The minimum atomic E-state index is -0.882. The van der Waals surface area contributed by atoms with Crippen LogP contribution in [-0.2, 0) is 123 Å². The minimum Gasteiger partial charge on any atom is -0.481 e. The van der Waals surface area contributed by atoms with Gasteiger partial charge in [0.25, 0.3) is 23.6 Å². The molecule has 33 heteroatoms. The minimum absolute atomic E-state index is 0.00487. The fourth-order valence-electron chi connectivity index (χ4n) is 21.3. The molecule has 816 valence electrons. The van der Waals surface area contributed by atoms with Crippen LogP contribution in [0.4, 0.5) is 0 Å². The lowest BCUT2D eigenvalue weighted by molar-refractivity contribution is -0.197. The Bertz CT molecular complexity index is 4860. The first-order chi connectivity index (χ1) is 69.7. The Hall–Kier alpha value is -10.7. The van der Waals surface area contributed by atoms with Gasteiger partial charge in [0, 0.05) is 144 Å². The van der Waals surface area contributed by atoms with Crippen molar-refractivity contribution in [3.8, 4) is 0 Å². The van der Waals surface area contributed by atoms with Crippen LogP contribution in [0, 0.1) is 71.0 Å². The molecule has 0 bridgehead atoms. The van der Waals surface area contributed by atoms with Gasteiger partial charge in [0.15, 0.2) is 11.6 Å². The summed E-state index contributed by atoms with van der Waals surface area (Å²) in [4.78, 5) is 227. The normalized spacial score (nSPS) is 18.6. The van der Waals surface area contributed by atoms with Crippen LogP contribution in [0.2, 0.25) is 0 Å². The summed E-state index contributed by atoms with van der Waals surface area (Å²) in [6, 6.07) is 35.2. The van der Waals surface area contributed by atoms with Gasteiger partial charge in [-0.15, -0.1) is 5.06 Å². The predicted molar refractivity (Wildman–Crippen MR) is 555 cm³/mol. The van der Waals surface area contributed by atoms with Crippen LogP contribution in [0.25, 0.3) is 0 Å². The number of methoxy groups -OCH3 is 4. The highest BCUT2D eigenvalue weighted by atomic mass is 16.7. The SMILES string of the molecule is CC[C@H](C)[C@@H]([C@@H](CC(=O)N1CCC[C@H]1[C@H](OC)[C@@H](C)C(=O)C[C@H](C(=O)OCc1ccccc1)[C@@H](C)c1ccccc1)OC)N(C)C(=O)[C@@H](CC(=O)[C@H](C(C)C)N(C)CCCC(=O)O)C(C)C.CC[C@H](C)[C@@H]([C@@H](CC(=O)N1CCC[C@H]1[C@H](OC)[C@@H](C)C(=O)C[C@H](C(=O)OCc1ccccc1)[C@@H](C)c1ccccc1)OC)N(C)C(=O)[C@@H](CC(=O)[C@H](C(C)C)N(C)CCCC(=O)ON1C(=O)CCC1=O)C(C)C.O=C1CCC(=O)N1O. The van der Waals surface area contributed by atoms with Gasteiger partial charge < -0.3 is 58.0 Å². The summed E-state index contributed by atoms with van der Waals surface area (Å²) in [6.07, 6.45) is 2.21. The number of esters is 2. The molecule has 0 saturated carbocycles. The van der Waals surface area contributed by atoms with Crippen LogP contribution in [0.3, 0.4) is 0 Å². The molecular formula is C114H170N8O25. The lowest BCUT2D eigenvalue weighted by Gasteiger charge is -2.41. The number of carbonyl (C=O) groups is 16. The van der Waals surface area contributed by atoms with Gasteiger partial charge in [0.05, 0.1) is 85.3 Å². The molecule has 0 aliphatic carbocycles. The van der Waals surface area contributed by atoms with Gasteiger partial charge in [-0.3, -0.25) is 86.9 Å². The molecular weight excluding hydrogens is 1880 g/mol. The van der Waals surface area contributed by atoms with Gasteiger partial charge in [0.1, 0.15) is 24.8 Å². The smallest absolute Gasteiger partial charge is 0.333 e. The highest BCUT2D eigenvalue weighted by molar-refractivity contribution is 6.02. The van der Waals surface area contributed by atoms with Gasteiger partial charge in [-0.1, -0.05) is 245 Å². The molecule has 4 aromatic rings. The van der Waals surface area contributed by atoms with Crippen molar-refractivity contribution in [3.05, 3.63) is 144 Å². The van der Waals surface area contributed by atoms with Crippen molar-refractivity contribution in [2.45, 2.75) is 325 Å². The van der Waals surface area contributed by atoms with Gasteiger partial charge in [-0.05, 0) is 135 Å². The maximum atomic E-state index is 14.7. The summed E-state index contributed by atoms with van der Waals surface area (Å²) < 4.78 is 36.0. The fraction of sp³-hybridized carbons (Fsp3) is 0.649. The monoisotopic (exact) mass is 2050 g/mol. The number of hydroxylamine groups is 4. The number of likely N-dealkylation sites (N-methyl/N-ethyl adjacent to an activating group) is 4. The number of ketones is 4. The second-order valence-corrected chi connectivity index (χ2v) is 41.9. The van der Waals surface area contributed by atoms with Crippen molar-refractivity contribution in [2.24, 2.45) is 71.0 Å². The van der Waals surface area contributed by atoms with E-state index in [0.717, 1.165) is 28.7 Å². The van der Waals surface area contributed by atoms with Crippen LogP contribution in [0.5, 0.6) is 0 Å². The Morgan fingerprint density at radius 2 is 0.735 bits per heavy atom. The Kier molecular flexibility index (Phi) is 52.8. The third-order valence-electron chi connectivity index (χ3n) is 30.4. The van der Waals surface area contributed by atoms with Gasteiger partial charge in [-0.25, -0.2) is 4.79 Å². The maximum absolute atomic E-state index is 14.7. The van der Waals surface area contributed by atoms with Crippen molar-refractivity contribution in [1.29, 1.82) is 0 Å². The number of benzene rings is 4. The third-order valence-corrected chi connectivity index (χ3v) is 30.4. The van der Waals surface area contributed by atoms with Crippen molar-refractivity contribution in [2.75, 3.05) is 82.8 Å². The number of Topliss-reactive ketones (excluding diaryl/α,β-unsaturated/α-hetero) is 4. The molecule has 4 fully saturated rings. The Morgan fingerprint density at radius 3 is 1.03 bits per heavy atom. The first kappa shape index (κ1) is 125. The van der Waals surface area contributed by atoms with E-state index in [4.69, 9.17) is 43.6 Å². The lowest BCUT2D eigenvalue weighted by Crippen LogP contribution is -2.54. The zero-order chi connectivity index (χ0) is 109. The molecule has 0 unspecified atom stereocenters. The van der Waals surface area contributed by atoms with Crippen molar-refractivity contribution in [3.63, 3.8) is 0 Å². The fourth-order valence-corrected chi connectivity index (χ4v) is 21.3. The number of likely N-dealkylation sites (tertiary alicyclic amines) is 2. The Labute approximate surface area is 871 Å². The molecule has 4 heterocycles. The summed E-state index contributed by atoms with van der Waals surface area (Å²) in [7, 11) is 13.3. The number of ether oxygens (including phenoxy) is 6. The number of carboxylic acid groups (broad SMARTS) is 1. The van der Waals surface area contributed by atoms with Crippen LogP contribution >= 0.6 is 0 Å². The maximum Gasteiger partial charge on any atom is 0.333 e. The zero-order valence-corrected chi connectivity index (χ0v) is 91.7. The van der Waals surface area contributed by atoms with Crippen molar-refractivity contribution in [1.82, 2.24) is 39.5 Å². The Balaban J connectivity index is 0.000000418. The highest BCUT2D eigenvalue weighted by Crippen LogP contribution is 2.39. The topological polar surface area (TPSA) is 404 Å². The first-order valence-electron chi connectivity index (χ1n) is 52.8. The quantitative estimate of drug-likeness (QED) is 0.0235. The summed E-state index contributed by atoms with van der Waals surface area (Å²) in [5.74, 6) is -11.3.